The third-order valence-corrected chi connectivity index (χ3v) is 12.0. The van der Waals surface area contributed by atoms with Gasteiger partial charge in [0, 0.05) is 39.0 Å². The first-order valence-corrected chi connectivity index (χ1v) is 24.2. The third kappa shape index (κ3) is 31.3. The minimum Gasteiger partial charge on any atom is -0.466 e. The van der Waals surface area contributed by atoms with E-state index in [4.69, 9.17) is 14.2 Å². The van der Waals surface area contributed by atoms with E-state index in [2.05, 4.69) is 44.5 Å². The molecule has 0 saturated carbocycles. The normalized spacial score (nSPS) is 14.4. The molecule has 1 fully saturated rings. The summed E-state index contributed by atoms with van der Waals surface area (Å²) in [5.74, 6) is 1.13. The van der Waals surface area contributed by atoms with Gasteiger partial charge in [0.05, 0.1) is 19.8 Å². The summed E-state index contributed by atoms with van der Waals surface area (Å²) in [5, 5.41) is 0. The fourth-order valence-electron chi connectivity index (χ4n) is 8.08. The summed E-state index contributed by atoms with van der Waals surface area (Å²) in [4.78, 5) is 42.4. The average Bonchev–Trinajstić information content (AvgIpc) is 3.18. The molecule has 56 heavy (non-hydrogen) atoms. The summed E-state index contributed by atoms with van der Waals surface area (Å²) in [5.41, 5.74) is 0. The minimum atomic E-state index is -0.113. The van der Waals surface area contributed by atoms with Gasteiger partial charge < -0.3 is 19.1 Å². The third-order valence-electron chi connectivity index (χ3n) is 12.0. The van der Waals surface area contributed by atoms with Crippen LogP contribution in [-0.4, -0.2) is 86.8 Å². The highest BCUT2D eigenvalue weighted by molar-refractivity contribution is 5.72. The van der Waals surface area contributed by atoms with Crippen LogP contribution < -0.4 is 0 Å². The number of rotatable bonds is 39. The highest BCUT2D eigenvalue weighted by Crippen LogP contribution is 2.23. The molecule has 0 amide bonds. The van der Waals surface area contributed by atoms with Gasteiger partial charge in [-0.15, -0.1) is 0 Å². The van der Waals surface area contributed by atoms with Gasteiger partial charge in [0.2, 0.25) is 0 Å². The largest absolute Gasteiger partial charge is 0.466 e. The van der Waals surface area contributed by atoms with Gasteiger partial charge in [-0.25, -0.2) is 0 Å². The topological polar surface area (TPSA) is 85.4 Å². The van der Waals surface area contributed by atoms with Crippen molar-refractivity contribution in [1.29, 1.82) is 0 Å². The molecule has 1 saturated heterocycles. The van der Waals surface area contributed by atoms with E-state index in [1.165, 1.54) is 103 Å². The van der Waals surface area contributed by atoms with Gasteiger partial charge in [-0.3, -0.25) is 19.3 Å². The molecular weight excluding hydrogens is 701 g/mol. The number of piperazine rings is 1. The monoisotopic (exact) mass is 793 g/mol. The van der Waals surface area contributed by atoms with Crippen LogP contribution in [0.5, 0.6) is 0 Å². The Kier molecular flexibility index (Phi) is 35.1. The summed E-state index contributed by atoms with van der Waals surface area (Å²) < 4.78 is 17.4. The predicted octanol–water partition coefficient (Wildman–Crippen LogP) is 12.2. The smallest absolute Gasteiger partial charge is 0.320 e. The van der Waals surface area contributed by atoms with Crippen LogP contribution in [0.15, 0.2) is 0 Å². The van der Waals surface area contributed by atoms with Crippen LogP contribution in [-0.2, 0) is 28.6 Å². The van der Waals surface area contributed by atoms with Crippen molar-refractivity contribution >= 4 is 17.9 Å². The Balaban J connectivity index is 2.37. The number of carbonyl (C=O) groups is 3. The molecule has 0 aliphatic carbocycles. The first-order chi connectivity index (χ1) is 27.3. The van der Waals surface area contributed by atoms with Crippen molar-refractivity contribution in [2.24, 2.45) is 11.8 Å². The van der Waals surface area contributed by atoms with Crippen molar-refractivity contribution in [3.8, 4) is 0 Å². The Bertz CT molecular complexity index is 903. The van der Waals surface area contributed by atoms with Crippen LogP contribution in [0.4, 0.5) is 0 Å². The molecule has 0 aromatic carbocycles. The van der Waals surface area contributed by atoms with Crippen LogP contribution in [0, 0.1) is 11.8 Å². The van der Waals surface area contributed by atoms with Crippen molar-refractivity contribution < 1.29 is 28.6 Å². The fraction of sp³-hybridized carbons (Fsp3) is 0.938. The lowest BCUT2D eigenvalue weighted by atomic mass is 9.92. The van der Waals surface area contributed by atoms with Crippen molar-refractivity contribution in [2.75, 3.05) is 53.0 Å². The van der Waals surface area contributed by atoms with E-state index < -0.39 is 0 Å². The van der Waals surface area contributed by atoms with E-state index in [-0.39, 0.29) is 24.0 Å². The van der Waals surface area contributed by atoms with E-state index >= 15 is 0 Å². The van der Waals surface area contributed by atoms with Crippen molar-refractivity contribution in [3.05, 3.63) is 0 Å². The lowest BCUT2D eigenvalue weighted by Gasteiger charge is -2.32. The molecule has 1 unspecified atom stereocenters. The van der Waals surface area contributed by atoms with Gasteiger partial charge in [0.1, 0.15) is 6.10 Å². The van der Waals surface area contributed by atoms with Gasteiger partial charge >= 0.3 is 17.9 Å². The Morgan fingerprint density at radius 3 is 1.25 bits per heavy atom. The van der Waals surface area contributed by atoms with Gasteiger partial charge in [-0.05, 0) is 70.3 Å². The number of esters is 3. The zero-order valence-corrected chi connectivity index (χ0v) is 37.7. The molecule has 0 N–H and O–H groups in total. The molecule has 0 bridgehead atoms. The van der Waals surface area contributed by atoms with Crippen LogP contribution in [0.25, 0.3) is 0 Å². The quantitative estimate of drug-likeness (QED) is 0.0346. The van der Waals surface area contributed by atoms with E-state index in [0.29, 0.717) is 44.4 Å². The van der Waals surface area contributed by atoms with Crippen molar-refractivity contribution in [1.82, 2.24) is 9.80 Å². The highest BCUT2D eigenvalue weighted by Gasteiger charge is 2.20. The SMILES string of the molecule is CCCCCC(CCCCC)CCOC(=O)CCCCCCCC(CCCCCC(=O)OCCC(CCCCC)CCCCC)OC(=O)CN1CCN(C)CC1. The summed E-state index contributed by atoms with van der Waals surface area (Å²) in [7, 11) is 2.12. The lowest BCUT2D eigenvalue weighted by Crippen LogP contribution is -2.46. The van der Waals surface area contributed by atoms with E-state index in [1.54, 1.807) is 0 Å². The van der Waals surface area contributed by atoms with Crippen LogP contribution in [0.2, 0.25) is 0 Å². The van der Waals surface area contributed by atoms with Crippen LogP contribution in [0.3, 0.4) is 0 Å². The Morgan fingerprint density at radius 2 is 0.821 bits per heavy atom. The molecule has 0 spiro atoms. The van der Waals surface area contributed by atoms with Crippen LogP contribution in [0.1, 0.15) is 220 Å². The maximum absolute atomic E-state index is 13.0. The first kappa shape index (κ1) is 52.3. The Hall–Kier alpha value is -1.67. The highest BCUT2D eigenvalue weighted by atomic mass is 16.5. The van der Waals surface area contributed by atoms with Crippen molar-refractivity contribution in [3.63, 3.8) is 0 Å². The molecule has 1 aliphatic heterocycles. The maximum atomic E-state index is 13.0. The number of likely N-dealkylation sites (N-methyl/N-ethyl adjacent to an activating group) is 1. The van der Waals surface area contributed by atoms with E-state index in [0.717, 1.165) is 103 Å². The number of unbranched alkanes of at least 4 members (excludes halogenated alkanes) is 14. The number of hydrogen-bond donors (Lipinski definition) is 0. The zero-order valence-electron chi connectivity index (χ0n) is 37.7. The predicted molar refractivity (Wildman–Crippen MR) is 234 cm³/mol. The molecule has 1 rings (SSSR count). The summed E-state index contributed by atoms with van der Waals surface area (Å²) >= 11 is 0. The van der Waals surface area contributed by atoms with Gasteiger partial charge in [0.15, 0.2) is 0 Å². The number of carbonyl (C=O) groups excluding carboxylic acids is 3. The molecule has 1 aliphatic rings. The first-order valence-electron chi connectivity index (χ1n) is 24.2. The molecule has 0 radical (unpaired) electrons. The average molecular weight is 793 g/mol. The second-order valence-electron chi connectivity index (χ2n) is 17.3. The van der Waals surface area contributed by atoms with E-state index in [1.807, 2.05) is 0 Å². The lowest BCUT2D eigenvalue weighted by molar-refractivity contribution is -0.151. The Labute approximate surface area is 346 Å². The number of nitrogens with zero attached hydrogens (tertiary/aromatic N) is 2. The van der Waals surface area contributed by atoms with E-state index in [9.17, 15) is 14.4 Å². The Morgan fingerprint density at radius 1 is 0.446 bits per heavy atom. The molecule has 0 aromatic rings. The molecule has 1 atom stereocenters. The standard InChI is InChI=1S/C48H92N2O6/c1-6-10-18-26-43(27-19-11-7-2)34-40-54-46(51)32-24-16-14-15-22-30-45(56-48(53)42-50-38-36-49(5)37-39-50)31-23-17-25-33-47(52)55-41-35-44(28-20-12-8-3)29-21-13-9-4/h43-45H,6-42H2,1-5H3. The van der Waals surface area contributed by atoms with Crippen molar-refractivity contribution in [2.45, 2.75) is 226 Å². The minimum absolute atomic E-state index is 0.0456. The molecule has 1 heterocycles. The molecule has 8 nitrogen and oxygen atoms in total. The van der Waals surface area contributed by atoms with Crippen LogP contribution >= 0.6 is 0 Å². The number of ether oxygens (including phenoxy) is 3. The number of hydrogen-bond acceptors (Lipinski definition) is 8. The van der Waals surface area contributed by atoms with Gasteiger partial charge in [0.25, 0.3) is 0 Å². The summed E-state index contributed by atoms with van der Waals surface area (Å²) in [6, 6.07) is 0. The van der Waals surface area contributed by atoms with Gasteiger partial charge in [-0.2, -0.15) is 0 Å². The van der Waals surface area contributed by atoms with Gasteiger partial charge in [-0.1, -0.05) is 156 Å². The summed E-state index contributed by atoms with van der Waals surface area (Å²) in [6.07, 6.45) is 32.7. The maximum Gasteiger partial charge on any atom is 0.320 e. The summed E-state index contributed by atoms with van der Waals surface area (Å²) in [6.45, 7) is 14.3. The second-order valence-corrected chi connectivity index (χ2v) is 17.3. The second kappa shape index (κ2) is 37.6. The molecule has 8 heteroatoms. The molecular formula is C48H92N2O6. The molecule has 330 valence electrons. The zero-order chi connectivity index (χ0) is 40.9. The molecule has 0 aromatic heterocycles. The fourth-order valence-corrected chi connectivity index (χ4v) is 8.08.